The van der Waals surface area contributed by atoms with E-state index in [1.165, 1.54) is 24.3 Å². The first-order chi connectivity index (χ1) is 22.8. The second-order valence-electron chi connectivity index (χ2n) is 11.2. The summed E-state index contributed by atoms with van der Waals surface area (Å²) >= 11 is 11.8. The largest absolute Gasteiger partial charge is 0.479 e. The number of carboxylic acid groups (broad SMARTS) is 1. The molecule has 256 valence electrons. The van der Waals surface area contributed by atoms with Crippen LogP contribution in [0.25, 0.3) is 22.3 Å². The van der Waals surface area contributed by atoms with Crippen LogP contribution in [0.2, 0.25) is 10.0 Å². The van der Waals surface area contributed by atoms with Crippen LogP contribution >= 0.6 is 23.2 Å². The molecule has 0 aliphatic carbocycles. The van der Waals surface area contributed by atoms with Gasteiger partial charge in [-0.15, -0.1) is 0 Å². The van der Waals surface area contributed by atoms with Crippen LogP contribution in [0.15, 0.2) is 84.9 Å². The number of carboxylic acids is 1. The van der Waals surface area contributed by atoms with Gasteiger partial charge in [0.1, 0.15) is 11.6 Å². The molecule has 12 heteroatoms. The Kier molecular flexibility index (Phi) is 14.9. The minimum absolute atomic E-state index is 0.0278. The molecule has 0 bridgehead atoms. The van der Waals surface area contributed by atoms with Gasteiger partial charge in [-0.1, -0.05) is 71.7 Å². The Labute approximate surface area is 287 Å². The molecule has 48 heavy (non-hydrogen) atoms. The Morgan fingerprint density at radius 1 is 0.708 bits per heavy atom. The normalized spacial score (nSPS) is 13.4. The molecule has 0 saturated carbocycles. The van der Waals surface area contributed by atoms with E-state index in [1.807, 2.05) is 12.1 Å². The highest BCUT2D eigenvalue weighted by molar-refractivity contribution is 6.31. The molecule has 0 fully saturated rings. The van der Waals surface area contributed by atoms with Crippen LogP contribution in [-0.2, 0) is 27.2 Å². The molecule has 0 aromatic heterocycles. The molecule has 4 aromatic carbocycles. The molecule has 8 nitrogen and oxygen atoms in total. The van der Waals surface area contributed by atoms with Gasteiger partial charge in [-0.25, -0.2) is 18.4 Å². The monoisotopic (exact) mass is 702 g/mol. The van der Waals surface area contributed by atoms with Gasteiger partial charge in [-0.2, -0.15) is 0 Å². The highest BCUT2D eigenvalue weighted by Gasteiger charge is 2.20. The number of aliphatic hydroxyl groups is 2. The molecular formula is C36H38Cl2F2N2O6. The van der Waals surface area contributed by atoms with Gasteiger partial charge in [0.15, 0.2) is 12.2 Å². The third kappa shape index (κ3) is 12.0. The van der Waals surface area contributed by atoms with E-state index in [9.17, 15) is 28.6 Å². The van der Waals surface area contributed by atoms with E-state index in [0.29, 0.717) is 45.1 Å². The molecule has 0 radical (unpaired) electrons. The van der Waals surface area contributed by atoms with E-state index < -0.39 is 36.2 Å². The quantitative estimate of drug-likeness (QED) is 0.103. The van der Waals surface area contributed by atoms with E-state index in [4.69, 9.17) is 44.5 Å². The fraction of sp³-hybridized carbons (Fsp3) is 0.278. The zero-order valence-electron chi connectivity index (χ0n) is 26.2. The van der Waals surface area contributed by atoms with Gasteiger partial charge in [0.05, 0.1) is 6.61 Å². The molecule has 0 aliphatic heterocycles. The molecule has 4 rings (SSSR count). The topological polar surface area (TPSA) is 156 Å². The van der Waals surface area contributed by atoms with Crippen LogP contribution in [0.4, 0.5) is 8.78 Å². The summed E-state index contributed by atoms with van der Waals surface area (Å²) in [6.07, 6.45) is -1.71. The number of carbonyl (C=O) groups excluding carboxylic acids is 1. The van der Waals surface area contributed by atoms with Gasteiger partial charge in [0.25, 0.3) is 0 Å². The molecule has 0 amide bonds. The van der Waals surface area contributed by atoms with Crippen molar-refractivity contribution >= 4 is 35.1 Å². The molecule has 0 heterocycles. The van der Waals surface area contributed by atoms with Gasteiger partial charge in [-0.05, 0) is 91.3 Å². The number of ether oxygens (including phenoxy) is 1. The van der Waals surface area contributed by atoms with Crippen LogP contribution in [0.3, 0.4) is 0 Å². The first-order valence-electron chi connectivity index (χ1n) is 15.1. The maximum Gasteiger partial charge on any atom is 0.335 e. The van der Waals surface area contributed by atoms with Crippen LogP contribution < -0.4 is 11.5 Å². The summed E-state index contributed by atoms with van der Waals surface area (Å²) in [5.74, 6) is -2.65. The highest BCUT2D eigenvalue weighted by Crippen LogP contribution is 2.28. The van der Waals surface area contributed by atoms with Crippen molar-refractivity contribution in [3.8, 4) is 22.3 Å². The van der Waals surface area contributed by atoms with E-state index in [0.717, 1.165) is 11.1 Å². The van der Waals surface area contributed by atoms with Gasteiger partial charge in [0.2, 0.25) is 0 Å². The lowest BCUT2D eigenvalue weighted by Gasteiger charge is -2.16. The zero-order valence-corrected chi connectivity index (χ0v) is 27.7. The highest BCUT2D eigenvalue weighted by atomic mass is 35.5. The minimum atomic E-state index is -1.47. The van der Waals surface area contributed by atoms with Crippen molar-refractivity contribution in [2.75, 3.05) is 6.61 Å². The standard InChI is InChI=1S/C19H21ClFNO3.C17H17ClFNO3/c1-2-25-19(24)18(23)11-15(22)9-12-3-5-13(6-4-12)16-10-14(20)7-8-17(16)21;18-12-5-6-15(19)14(8-12)11-3-1-10(2-4-11)7-13(20)9-16(21)17(22)23/h3-8,10,15,18,23H,2,9,11,22H2,1H3;1-6,8,13,16,21H,7,9,20H2,(H,22,23)/t15-,18-;13-,16-/m11/s1. The Morgan fingerprint density at radius 2 is 1.10 bits per heavy atom. The number of aliphatic carboxylic acids is 1. The molecule has 0 spiro atoms. The first kappa shape index (κ1) is 38.5. The van der Waals surface area contributed by atoms with E-state index in [-0.39, 0.29) is 31.1 Å². The number of rotatable bonds is 13. The fourth-order valence-corrected chi connectivity index (χ4v) is 5.20. The van der Waals surface area contributed by atoms with Crippen molar-refractivity contribution in [1.29, 1.82) is 0 Å². The minimum Gasteiger partial charge on any atom is -0.479 e. The van der Waals surface area contributed by atoms with Crippen molar-refractivity contribution in [2.45, 2.75) is 56.9 Å². The van der Waals surface area contributed by atoms with Crippen LogP contribution in [0.5, 0.6) is 0 Å². The third-order valence-corrected chi connectivity index (χ3v) is 7.75. The second-order valence-corrected chi connectivity index (χ2v) is 12.0. The number of hydrogen-bond acceptors (Lipinski definition) is 7. The van der Waals surface area contributed by atoms with E-state index in [2.05, 4.69) is 0 Å². The molecule has 0 saturated heterocycles. The van der Waals surface area contributed by atoms with Gasteiger partial charge in [0, 0.05) is 33.3 Å². The molecule has 7 N–H and O–H groups in total. The Hall–Kier alpha value is -3.90. The van der Waals surface area contributed by atoms with Crippen LogP contribution in [0, 0.1) is 11.6 Å². The summed E-state index contributed by atoms with van der Waals surface area (Å²) in [6, 6.07) is 22.3. The molecule has 4 aromatic rings. The van der Waals surface area contributed by atoms with E-state index >= 15 is 0 Å². The maximum atomic E-state index is 13.9. The summed E-state index contributed by atoms with van der Waals surface area (Å²) in [6.45, 7) is 1.89. The Morgan fingerprint density at radius 3 is 1.48 bits per heavy atom. The van der Waals surface area contributed by atoms with Crippen LogP contribution in [-0.4, -0.2) is 58.2 Å². The molecule has 0 unspecified atom stereocenters. The van der Waals surface area contributed by atoms with Gasteiger partial charge < -0.3 is 31.5 Å². The maximum absolute atomic E-state index is 13.9. The number of nitrogens with two attached hydrogens (primary N) is 2. The van der Waals surface area contributed by atoms with Gasteiger partial charge in [-0.3, -0.25) is 0 Å². The average molecular weight is 704 g/mol. The first-order valence-corrected chi connectivity index (χ1v) is 15.9. The average Bonchev–Trinajstić information content (AvgIpc) is 3.04. The zero-order chi connectivity index (χ0) is 35.4. The number of carbonyl (C=O) groups is 2. The number of esters is 1. The number of benzene rings is 4. The molecular weight excluding hydrogens is 665 g/mol. The predicted molar refractivity (Wildman–Crippen MR) is 183 cm³/mol. The van der Waals surface area contributed by atoms with Crippen molar-refractivity contribution in [3.63, 3.8) is 0 Å². The lowest BCUT2D eigenvalue weighted by molar-refractivity contribution is -0.153. The summed E-state index contributed by atoms with van der Waals surface area (Å²) in [5, 5.41) is 28.6. The predicted octanol–water partition coefficient (Wildman–Crippen LogP) is 6.18. The van der Waals surface area contributed by atoms with Crippen molar-refractivity contribution in [3.05, 3.63) is 118 Å². The van der Waals surface area contributed by atoms with Gasteiger partial charge >= 0.3 is 11.9 Å². The second kappa shape index (κ2) is 18.6. The summed E-state index contributed by atoms with van der Waals surface area (Å²) in [5.41, 5.74) is 15.9. The van der Waals surface area contributed by atoms with E-state index in [1.54, 1.807) is 55.5 Å². The molecule has 4 atom stereocenters. The smallest absolute Gasteiger partial charge is 0.335 e. The summed E-state index contributed by atoms with van der Waals surface area (Å²) in [7, 11) is 0. The van der Waals surface area contributed by atoms with Crippen molar-refractivity contribution in [1.82, 2.24) is 0 Å². The van der Waals surface area contributed by atoms with Crippen molar-refractivity contribution < 1.29 is 38.4 Å². The SMILES string of the molecule is CCOC(=O)[C@H](O)C[C@H](N)Cc1ccc(-c2cc(Cl)ccc2F)cc1.N[C@H](Cc1ccc(-c2cc(Cl)ccc2F)cc1)C[C@@H](O)C(=O)O. The number of halogens is 4. The Balaban J connectivity index is 0.000000261. The number of hydrogen-bond donors (Lipinski definition) is 5. The fourth-order valence-electron chi connectivity index (χ4n) is 4.86. The van der Waals surface area contributed by atoms with Crippen molar-refractivity contribution in [2.24, 2.45) is 11.5 Å². The Bertz CT molecular complexity index is 1660. The summed E-state index contributed by atoms with van der Waals surface area (Å²) in [4.78, 5) is 22.0. The lowest BCUT2D eigenvalue weighted by Crippen LogP contribution is -2.33. The summed E-state index contributed by atoms with van der Waals surface area (Å²) < 4.78 is 32.5. The third-order valence-electron chi connectivity index (χ3n) is 7.28. The van der Waals surface area contributed by atoms with Crippen LogP contribution in [0.1, 0.15) is 30.9 Å². The molecule has 0 aliphatic rings. The lowest BCUT2D eigenvalue weighted by atomic mass is 9.98. The number of aliphatic hydroxyl groups excluding tert-OH is 2.